The molecule has 2 N–H and O–H groups in total. The Kier molecular flexibility index (Phi) is 4.46. The van der Waals surface area contributed by atoms with Gasteiger partial charge in [-0.15, -0.1) is 10.2 Å². The minimum atomic E-state index is -0.509. The number of carbonyl (C=O) groups excluding carboxylic acids is 1. The van der Waals surface area contributed by atoms with E-state index in [1.54, 1.807) is 12.4 Å². The average molecular weight is 324 g/mol. The largest absolute Gasteiger partial charge is 0.507 e. The van der Waals surface area contributed by atoms with Crippen LogP contribution in [0.4, 0.5) is 0 Å². The van der Waals surface area contributed by atoms with Crippen molar-refractivity contribution in [2.24, 2.45) is 0 Å². The van der Waals surface area contributed by atoms with Gasteiger partial charge in [0.25, 0.3) is 0 Å². The van der Waals surface area contributed by atoms with E-state index in [1.807, 2.05) is 36.0 Å². The molecule has 3 aromatic rings. The van der Waals surface area contributed by atoms with Crippen LogP contribution >= 0.6 is 0 Å². The monoisotopic (exact) mass is 324 g/mol. The molecule has 3 heterocycles. The van der Waals surface area contributed by atoms with Gasteiger partial charge < -0.3 is 9.67 Å². The first-order valence-corrected chi connectivity index (χ1v) is 7.43. The van der Waals surface area contributed by atoms with Crippen LogP contribution in [0.1, 0.15) is 34.2 Å². The highest BCUT2D eigenvalue weighted by Gasteiger charge is 2.14. The molecule has 0 bridgehead atoms. The molecule has 0 aliphatic rings. The fourth-order valence-electron chi connectivity index (χ4n) is 2.39. The van der Waals surface area contributed by atoms with Crippen LogP contribution in [0.5, 0.6) is 0 Å². The first-order chi connectivity index (χ1) is 11.7. The number of aliphatic hydroxyl groups excluding tert-OH is 1. The van der Waals surface area contributed by atoms with Gasteiger partial charge in [0.1, 0.15) is 5.76 Å². The number of aliphatic hydroxyl groups is 1. The van der Waals surface area contributed by atoms with Crippen LogP contribution in [-0.4, -0.2) is 41.1 Å². The number of carbonyl (C=O) groups is 1. The quantitative estimate of drug-likeness (QED) is 0.406. The number of hydrogen-bond donors (Lipinski definition) is 2. The van der Waals surface area contributed by atoms with Crippen molar-refractivity contribution in [3.63, 3.8) is 0 Å². The number of aromatic nitrogens is 6. The van der Waals surface area contributed by atoms with E-state index in [0.717, 1.165) is 23.6 Å². The Morgan fingerprint density at radius 3 is 2.79 bits per heavy atom. The van der Waals surface area contributed by atoms with Crippen LogP contribution in [0.3, 0.4) is 0 Å². The Balaban J connectivity index is 1.85. The van der Waals surface area contributed by atoms with Gasteiger partial charge in [0.2, 0.25) is 11.6 Å². The van der Waals surface area contributed by atoms with Gasteiger partial charge in [0.15, 0.2) is 0 Å². The maximum atomic E-state index is 12.0. The Labute approximate surface area is 137 Å². The van der Waals surface area contributed by atoms with Gasteiger partial charge in [0, 0.05) is 43.0 Å². The third-order valence-corrected chi connectivity index (χ3v) is 3.57. The molecular formula is C16H16N6O2. The second kappa shape index (κ2) is 6.86. The van der Waals surface area contributed by atoms with Crippen molar-refractivity contribution in [2.75, 3.05) is 0 Å². The molecule has 0 saturated heterocycles. The zero-order valence-corrected chi connectivity index (χ0v) is 13.0. The molecule has 122 valence electrons. The molecule has 0 aromatic carbocycles. The Hall–Kier alpha value is -3.29. The number of nitrogens with one attached hydrogen (secondary N) is 1. The molecule has 8 nitrogen and oxygen atoms in total. The fourth-order valence-corrected chi connectivity index (χ4v) is 2.39. The van der Waals surface area contributed by atoms with Crippen molar-refractivity contribution in [3.8, 4) is 0 Å². The van der Waals surface area contributed by atoms with E-state index in [9.17, 15) is 9.90 Å². The predicted molar refractivity (Wildman–Crippen MR) is 86.3 cm³/mol. The average Bonchev–Trinajstić information content (AvgIpc) is 3.25. The molecule has 3 aromatic heterocycles. The van der Waals surface area contributed by atoms with E-state index in [2.05, 4.69) is 25.6 Å². The lowest BCUT2D eigenvalue weighted by Gasteiger charge is -2.02. The Bertz CT molecular complexity index is 852. The summed E-state index contributed by atoms with van der Waals surface area (Å²) in [5, 5.41) is 23.1. The van der Waals surface area contributed by atoms with Crippen molar-refractivity contribution in [1.29, 1.82) is 0 Å². The van der Waals surface area contributed by atoms with E-state index in [4.69, 9.17) is 0 Å². The summed E-state index contributed by atoms with van der Waals surface area (Å²) in [7, 11) is 0. The summed E-state index contributed by atoms with van der Waals surface area (Å²) < 4.78 is 1.96. The lowest BCUT2D eigenvalue weighted by molar-refractivity contribution is 0.103. The summed E-state index contributed by atoms with van der Waals surface area (Å²) in [6, 6.07) is 3.86. The lowest BCUT2D eigenvalue weighted by Crippen LogP contribution is -2.00. The van der Waals surface area contributed by atoms with Crippen molar-refractivity contribution in [1.82, 2.24) is 30.2 Å². The zero-order valence-electron chi connectivity index (χ0n) is 13.0. The number of H-pyrrole nitrogens is 1. The van der Waals surface area contributed by atoms with Crippen LogP contribution in [0, 0.1) is 0 Å². The molecule has 0 aliphatic carbocycles. The van der Waals surface area contributed by atoms with Gasteiger partial charge >= 0.3 is 0 Å². The molecule has 0 spiro atoms. The van der Waals surface area contributed by atoms with E-state index in [-0.39, 0.29) is 11.6 Å². The Morgan fingerprint density at radius 2 is 2.12 bits per heavy atom. The predicted octanol–water partition coefficient (Wildman–Crippen LogP) is 1.79. The standard InChI is InChI=1S/C16H16N6O2/c1-2-12-9-22(8-11-3-5-17-6-4-11)10-13(12)14(23)7-15(24)16-18-20-21-19-16/h3-7,9-10,23H,2,8H2,1H3,(H,18,19,20,21). The van der Waals surface area contributed by atoms with Crippen molar-refractivity contribution >= 4 is 11.5 Å². The van der Waals surface area contributed by atoms with E-state index < -0.39 is 5.78 Å². The molecule has 0 radical (unpaired) electrons. The van der Waals surface area contributed by atoms with Gasteiger partial charge in [-0.3, -0.25) is 9.78 Å². The topological polar surface area (TPSA) is 110 Å². The second-order valence-corrected chi connectivity index (χ2v) is 5.21. The summed E-state index contributed by atoms with van der Waals surface area (Å²) in [5.74, 6) is -0.712. The van der Waals surface area contributed by atoms with Gasteiger partial charge in [-0.2, -0.15) is 5.21 Å². The molecule has 0 atom stereocenters. The van der Waals surface area contributed by atoms with Gasteiger partial charge in [-0.05, 0) is 34.9 Å². The summed E-state index contributed by atoms with van der Waals surface area (Å²) in [5.41, 5.74) is 2.66. The first-order valence-electron chi connectivity index (χ1n) is 7.43. The second-order valence-electron chi connectivity index (χ2n) is 5.21. The number of ketones is 1. The SMILES string of the molecule is CCc1cn(Cc2ccncc2)cc1C(O)=CC(=O)c1nn[nH]n1. The lowest BCUT2D eigenvalue weighted by atomic mass is 10.1. The molecule has 0 amide bonds. The van der Waals surface area contributed by atoms with Crippen LogP contribution in [0.15, 0.2) is 43.0 Å². The molecule has 8 heteroatoms. The van der Waals surface area contributed by atoms with Crippen molar-refractivity contribution in [3.05, 3.63) is 65.5 Å². The maximum absolute atomic E-state index is 12.0. The van der Waals surface area contributed by atoms with Crippen LogP contribution in [0.25, 0.3) is 5.76 Å². The molecule has 0 aliphatic heterocycles. The molecule has 0 unspecified atom stereocenters. The van der Waals surface area contributed by atoms with E-state index >= 15 is 0 Å². The maximum Gasteiger partial charge on any atom is 0.244 e. The minimum Gasteiger partial charge on any atom is -0.507 e. The Morgan fingerprint density at radius 1 is 1.33 bits per heavy atom. The fraction of sp³-hybridized carbons (Fsp3) is 0.188. The van der Waals surface area contributed by atoms with Crippen LogP contribution in [0.2, 0.25) is 0 Å². The number of aryl methyl sites for hydroxylation is 1. The number of hydrogen-bond acceptors (Lipinski definition) is 6. The molecule has 3 rings (SSSR count). The molecule has 24 heavy (non-hydrogen) atoms. The van der Waals surface area contributed by atoms with Gasteiger partial charge in [0.05, 0.1) is 0 Å². The summed E-state index contributed by atoms with van der Waals surface area (Å²) in [6.07, 6.45) is 9.08. The molecular weight excluding hydrogens is 308 g/mol. The van der Waals surface area contributed by atoms with Gasteiger partial charge in [-0.25, -0.2) is 0 Å². The molecule has 0 fully saturated rings. The first kappa shape index (κ1) is 15.6. The third kappa shape index (κ3) is 3.37. The highest BCUT2D eigenvalue weighted by atomic mass is 16.3. The normalized spacial score (nSPS) is 11.6. The number of rotatable bonds is 6. The highest BCUT2D eigenvalue weighted by molar-refractivity contribution is 6.05. The number of tetrazole rings is 1. The third-order valence-electron chi connectivity index (χ3n) is 3.57. The van der Waals surface area contributed by atoms with E-state index in [1.165, 1.54) is 0 Å². The smallest absolute Gasteiger partial charge is 0.244 e. The van der Waals surface area contributed by atoms with Crippen LogP contribution in [-0.2, 0) is 13.0 Å². The summed E-state index contributed by atoms with van der Waals surface area (Å²) in [6.45, 7) is 2.64. The number of allylic oxidation sites excluding steroid dienone is 1. The van der Waals surface area contributed by atoms with Crippen LogP contribution < -0.4 is 0 Å². The zero-order chi connectivity index (χ0) is 16.9. The highest BCUT2D eigenvalue weighted by Crippen LogP contribution is 2.20. The summed E-state index contributed by atoms with van der Waals surface area (Å²) in [4.78, 5) is 15.9. The van der Waals surface area contributed by atoms with Gasteiger partial charge in [-0.1, -0.05) is 6.92 Å². The number of pyridine rings is 1. The molecule has 0 saturated carbocycles. The van der Waals surface area contributed by atoms with Crippen molar-refractivity contribution < 1.29 is 9.90 Å². The van der Waals surface area contributed by atoms with E-state index in [0.29, 0.717) is 12.1 Å². The minimum absolute atomic E-state index is 0.0872. The number of aromatic amines is 1. The van der Waals surface area contributed by atoms with Crippen molar-refractivity contribution in [2.45, 2.75) is 19.9 Å². The summed E-state index contributed by atoms with van der Waals surface area (Å²) >= 11 is 0. The number of nitrogens with zero attached hydrogens (tertiary/aromatic N) is 5.